The summed E-state index contributed by atoms with van der Waals surface area (Å²) in [7, 11) is 0. The van der Waals surface area contributed by atoms with E-state index in [0.29, 0.717) is 21.8 Å². The van der Waals surface area contributed by atoms with Gasteiger partial charge in [0.05, 0.1) is 11.6 Å². The molecule has 4 nitrogen and oxygen atoms in total. The van der Waals surface area contributed by atoms with Gasteiger partial charge in [-0.05, 0) is 36.8 Å². The molecule has 0 radical (unpaired) electrons. The Labute approximate surface area is 173 Å². The SMILES string of the molecule is Cc1ccc(N2C(=O)C(=O)/C(=C(/O)c3ccccc3)[C@@H]2c2ccc(Cl)cc2)cc1. The first-order chi connectivity index (χ1) is 14.0. The predicted molar refractivity (Wildman–Crippen MR) is 114 cm³/mol. The van der Waals surface area contributed by atoms with Crippen LogP contribution in [0.15, 0.2) is 84.4 Å². The molecule has 1 saturated heterocycles. The van der Waals surface area contributed by atoms with Gasteiger partial charge in [0.2, 0.25) is 0 Å². The Morgan fingerprint density at radius 3 is 2.14 bits per heavy atom. The van der Waals surface area contributed by atoms with Crippen LogP contribution in [0.5, 0.6) is 0 Å². The Morgan fingerprint density at radius 2 is 1.52 bits per heavy atom. The third-order valence-corrected chi connectivity index (χ3v) is 5.24. The fourth-order valence-corrected chi connectivity index (χ4v) is 3.64. The van der Waals surface area contributed by atoms with Crippen LogP contribution in [0.3, 0.4) is 0 Å². The number of ketones is 1. The van der Waals surface area contributed by atoms with Gasteiger partial charge in [-0.25, -0.2) is 0 Å². The number of hydrogen-bond acceptors (Lipinski definition) is 3. The van der Waals surface area contributed by atoms with Gasteiger partial charge in [-0.1, -0.05) is 71.8 Å². The van der Waals surface area contributed by atoms with Gasteiger partial charge in [-0.2, -0.15) is 0 Å². The van der Waals surface area contributed by atoms with Gasteiger partial charge >= 0.3 is 0 Å². The van der Waals surface area contributed by atoms with Crippen molar-refractivity contribution in [1.29, 1.82) is 0 Å². The normalized spacial score (nSPS) is 18.3. The zero-order valence-electron chi connectivity index (χ0n) is 15.7. The van der Waals surface area contributed by atoms with E-state index in [4.69, 9.17) is 11.6 Å². The summed E-state index contributed by atoms with van der Waals surface area (Å²) in [5.41, 5.74) is 2.85. The van der Waals surface area contributed by atoms with Crippen LogP contribution in [0.2, 0.25) is 5.02 Å². The van der Waals surface area contributed by atoms with Crippen molar-refractivity contribution in [2.24, 2.45) is 0 Å². The Morgan fingerprint density at radius 1 is 0.897 bits per heavy atom. The topological polar surface area (TPSA) is 57.6 Å². The molecule has 4 rings (SSSR count). The molecule has 1 amide bonds. The average Bonchev–Trinajstić information content (AvgIpc) is 3.00. The zero-order valence-corrected chi connectivity index (χ0v) is 16.4. The molecule has 1 N–H and O–H groups in total. The van der Waals surface area contributed by atoms with E-state index in [-0.39, 0.29) is 11.3 Å². The average molecular weight is 404 g/mol. The smallest absolute Gasteiger partial charge is 0.300 e. The second-order valence-electron chi connectivity index (χ2n) is 6.92. The minimum atomic E-state index is -0.754. The lowest BCUT2D eigenvalue weighted by Crippen LogP contribution is -2.29. The number of halogens is 1. The standard InChI is InChI=1S/C24H18ClNO3/c1-15-7-13-19(14-8-15)26-21(16-9-11-18(25)12-10-16)20(23(28)24(26)29)22(27)17-5-3-2-4-6-17/h2-14,21,27H,1H3/b22-20+/t21-/m0/s1. The van der Waals surface area contributed by atoms with Crippen LogP contribution in [0.1, 0.15) is 22.7 Å². The number of aliphatic hydroxyl groups is 1. The third-order valence-electron chi connectivity index (χ3n) is 4.99. The van der Waals surface area contributed by atoms with E-state index in [1.165, 1.54) is 4.90 Å². The molecule has 0 aromatic heterocycles. The second kappa shape index (κ2) is 7.57. The largest absolute Gasteiger partial charge is 0.507 e. The van der Waals surface area contributed by atoms with Crippen LogP contribution in [-0.2, 0) is 9.59 Å². The minimum absolute atomic E-state index is 0.0593. The first kappa shape index (κ1) is 19.0. The van der Waals surface area contributed by atoms with E-state index in [1.54, 1.807) is 60.7 Å². The highest BCUT2D eigenvalue weighted by Gasteiger charge is 2.46. The first-order valence-corrected chi connectivity index (χ1v) is 9.53. The number of amides is 1. The number of nitrogens with zero attached hydrogens (tertiary/aromatic N) is 1. The fourth-order valence-electron chi connectivity index (χ4n) is 3.52. The summed E-state index contributed by atoms with van der Waals surface area (Å²) >= 11 is 6.03. The van der Waals surface area contributed by atoms with E-state index >= 15 is 0 Å². The Bertz CT molecular complexity index is 1100. The summed E-state index contributed by atoms with van der Waals surface area (Å²) in [6.45, 7) is 1.95. The van der Waals surface area contributed by atoms with E-state index in [9.17, 15) is 14.7 Å². The predicted octanol–water partition coefficient (Wildman–Crippen LogP) is 5.27. The number of anilines is 1. The molecule has 0 unspecified atom stereocenters. The van der Waals surface area contributed by atoms with Crippen molar-refractivity contribution < 1.29 is 14.7 Å². The van der Waals surface area contributed by atoms with Crippen molar-refractivity contribution in [2.45, 2.75) is 13.0 Å². The number of benzene rings is 3. The Kier molecular flexibility index (Phi) is 4.95. The first-order valence-electron chi connectivity index (χ1n) is 9.16. The van der Waals surface area contributed by atoms with Crippen molar-refractivity contribution in [1.82, 2.24) is 0 Å². The maximum Gasteiger partial charge on any atom is 0.300 e. The number of aliphatic hydroxyl groups excluding tert-OH is 1. The van der Waals surface area contributed by atoms with Gasteiger partial charge in [0, 0.05) is 16.3 Å². The fraction of sp³-hybridized carbons (Fsp3) is 0.0833. The Hall–Kier alpha value is -3.37. The van der Waals surface area contributed by atoms with Crippen LogP contribution in [0.4, 0.5) is 5.69 Å². The molecule has 1 fully saturated rings. The molecule has 1 aliphatic rings. The van der Waals surface area contributed by atoms with E-state index in [0.717, 1.165) is 5.56 Å². The lowest BCUT2D eigenvalue weighted by atomic mass is 9.95. The highest BCUT2D eigenvalue weighted by atomic mass is 35.5. The number of aryl methyl sites for hydroxylation is 1. The van der Waals surface area contributed by atoms with Crippen LogP contribution in [0.25, 0.3) is 5.76 Å². The van der Waals surface area contributed by atoms with E-state index in [2.05, 4.69) is 0 Å². The van der Waals surface area contributed by atoms with Gasteiger partial charge in [0.25, 0.3) is 11.7 Å². The lowest BCUT2D eigenvalue weighted by molar-refractivity contribution is -0.132. The molecule has 0 bridgehead atoms. The molecular weight excluding hydrogens is 386 g/mol. The molecule has 0 spiro atoms. The summed E-state index contributed by atoms with van der Waals surface area (Å²) < 4.78 is 0. The monoisotopic (exact) mass is 403 g/mol. The highest BCUT2D eigenvalue weighted by Crippen LogP contribution is 2.42. The molecule has 3 aromatic carbocycles. The minimum Gasteiger partial charge on any atom is -0.507 e. The zero-order chi connectivity index (χ0) is 20.5. The number of rotatable bonds is 3. The number of hydrogen-bond donors (Lipinski definition) is 1. The maximum atomic E-state index is 13.0. The van der Waals surface area contributed by atoms with Crippen molar-refractivity contribution >= 4 is 34.7 Å². The van der Waals surface area contributed by atoms with Crippen LogP contribution >= 0.6 is 11.6 Å². The van der Waals surface area contributed by atoms with Gasteiger partial charge in [0.15, 0.2) is 0 Å². The van der Waals surface area contributed by atoms with E-state index < -0.39 is 17.7 Å². The maximum absolute atomic E-state index is 13.0. The summed E-state index contributed by atoms with van der Waals surface area (Å²) in [5, 5.41) is 11.5. The molecule has 0 aliphatic carbocycles. The lowest BCUT2D eigenvalue weighted by Gasteiger charge is -2.25. The summed E-state index contributed by atoms with van der Waals surface area (Å²) in [4.78, 5) is 27.4. The quantitative estimate of drug-likeness (QED) is 0.368. The number of carbonyl (C=O) groups excluding carboxylic acids is 2. The molecule has 144 valence electrons. The second-order valence-corrected chi connectivity index (χ2v) is 7.36. The molecule has 3 aromatic rings. The molecule has 5 heteroatoms. The van der Waals surface area contributed by atoms with Gasteiger partial charge in [-0.15, -0.1) is 0 Å². The van der Waals surface area contributed by atoms with Crippen molar-refractivity contribution in [2.75, 3.05) is 4.90 Å². The highest BCUT2D eigenvalue weighted by molar-refractivity contribution is 6.51. The molecule has 1 heterocycles. The molecule has 1 aliphatic heterocycles. The molecule has 29 heavy (non-hydrogen) atoms. The van der Waals surface area contributed by atoms with Crippen molar-refractivity contribution in [3.05, 3.63) is 106 Å². The third kappa shape index (κ3) is 3.43. The summed E-state index contributed by atoms with van der Waals surface area (Å²) in [6.07, 6.45) is 0. The van der Waals surface area contributed by atoms with Gasteiger partial charge in [-0.3, -0.25) is 14.5 Å². The van der Waals surface area contributed by atoms with Crippen molar-refractivity contribution in [3.8, 4) is 0 Å². The van der Waals surface area contributed by atoms with Crippen LogP contribution in [-0.4, -0.2) is 16.8 Å². The molecule has 1 atom stereocenters. The van der Waals surface area contributed by atoms with Crippen LogP contribution < -0.4 is 4.90 Å². The Balaban J connectivity index is 1.94. The van der Waals surface area contributed by atoms with Crippen LogP contribution in [0, 0.1) is 6.92 Å². The molecular formula is C24H18ClNO3. The van der Waals surface area contributed by atoms with E-state index in [1.807, 2.05) is 25.1 Å². The molecule has 0 saturated carbocycles. The number of carbonyl (C=O) groups is 2. The van der Waals surface area contributed by atoms with Crippen molar-refractivity contribution in [3.63, 3.8) is 0 Å². The number of Topliss-reactive ketones (excluding diaryl/α,β-unsaturated/α-hetero) is 1. The van der Waals surface area contributed by atoms with Gasteiger partial charge < -0.3 is 5.11 Å². The van der Waals surface area contributed by atoms with Gasteiger partial charge in [0.1, 0.15) is 5.76 Å². The summed E-state index contributed by atoms with van der Waals surface area (Å²) in [5.74, 6) is -1.59. The summed E-state index contributed by atoms with van der Waals surface area (Å²) in [6, 6.07) is 22.3.